The van der Waals surface area contributed by atoms with Crippen molar-refractivity contribution in [2.75, 3.05) is 4.90 Å². The van der Waals surface area contributed by atoms with Crippen molar-refractivity contribution in [2.45, 2.75) is 17.9 Å². The number of anilines is 3. The van der Waals surface area contributed by atoms with Gasteiger partial charge in [0.25, 0.3) is 0 Å². The molecule has 11 aromatic rings. The molecule has 328 valence electrons. The third kappa shape index (κ3) is 6.69. The van der Waals surface area contributed by atoms with Crippen LogP contribution in [0.25, 0.3) is 44.1 Å². The van der Waals surface area contributed by atoms with E-state index in [1.165, 1.54) is 44.2 Å². The summed E-state index contributed by atoms with van der Waals surface area (Å²) in [5.74, 6) is 0.841. The Bertz CT molecular complexity index is 3540. The zero-order valence-corrected chi connectivity index (χ0v) is 37.8. The van der Waals surface area contributed by atoms with E-state index in [4.69, 9.17) is 4.99 Å². The maximum absolute atomic E-state index is 5.71. The first-order valence-corrected chi connectivity index (χ1v) is 23.8. The Hall–Kier alpha value is -8.77. The van der Waals surface area contributed by atoms with Crippen LogP contribution in [0, 0.1) is 0 Å². The SMILES string of the molecule is c1ccc(N(c2ccccc2)c2cccc(-c3ccc(C4NC(c5cccc6c5-c5ccccc5C6(c5ccccc5)c5ccccc5)=NC(n5c6ccccc6c6ccccc65)N4)cc3)c2)cc1. The molecule has 2 heterocycles. The van der Waals surface area contributed by atoms with Crippen LogP contribution in [0.3, 0.4) is 0 Å². The van der Waals surface area contributed by atoms with E-state index in [-0.39, 0.29) is 6.17 Å². The van der Waals surface area contributed by atoms with Crippen molar-refractivity contribution in [3.8, 4) is 22.3 Å². The predicted molar refractivity (Wildman–Crippen MR) is 284 cm³/mol. The number of rotatable bonds is 9. The van der Waals surface area contributed by atoms with Crippen molar-refractivity contribution < 1.29 is 0 Å². The van der Waals surface area contributed by atoms with Crippen LogP contribution in [0.5, 0.6) is 0 Å². The Balaban J connectivity index is 0.949. The van der Waals surface area contributed by atoms with E-state index < -0.39 is 11.7 Å². The van der Waals surface area contributed by atoms with Crippen molar-refractivity contribution in [3.05, 3.63) is 294 Å². The third-order valence-corrected chi connectivity index (χ3v) is 14.2. The Morgan fingerprint density at radius 3 is 1.57 bits per heavy atom. The smallest absolute Gasteiger partial charge is 0.184 e. The van der Waals surface area contributed by atoms with Gasteiger partial charge in [0.15, 0.2) is 6.29 Å². The summed E-state index contributed by atoms with van der Waals surface area (Å²) in [7, 11) is 0. The normalized spacial score (nSPS) is 15.8. The zero-order chi connectivity index (χ0) is 45.7. The molecule has 5 heteroatoms. The highest BCUT2D eigenvalue weighted by Crippen LogP contribution is 2.57. The molecule has 2 atom stereocenters. The molecule has 1 aromatic heterocycles. The van der Waals surface area contributed by atoms with Gasteiger partial charge in [0.2, 0.25) is 0 Å². The van der Waals surface area contributed by atoms with Crippen LogP contribution in [0.2, 0.25) is 0 Å². The molecule has 0 amide bonds. The summed E-state index contributed by atoms with van der Waals surface area (Å²) < 4.78 is 2.37. The summed E-state index contributed by atoms with van der Waals surface area (Å²) in [4.78, 5) is 8.02. The van der Waals surface area contributed by atoms with Gasteiger partial charge in [-0.1, -0.05) is 212 Å². The highest BCUT2D eigenvalue weighted by molar-refractivity contribution is 6.10. The monoisotopic (exact) mass is 885 g/mol. The van der Waals surface area contributed by atoms with E-state index in [0.717, 1.165) is 56.2 Å². The Morgan fingerprint density at radius 2 is 0.928 bits per heavy atom. The van der Waals surface area contributed by atoms with Gasteiger partial charge in [0.05, 0.1) is 16.4 Å². The van der Waals surface area contributed by atoms with Crippen molar-refractivity contribution in [2.24, 2.45) is 4.99 Å². The lowest BCUT2D eigenvalue weighted by Crippen LogP contribution is -2.46. The molecule has 0 spiro atoms. The zero-order valence-electron chi connectivity index (χ0n) is 37.8. The lowest BCUT2D eigenvalue weighted by molar-refractivity contribution is 0.341. The summed E-state index contributed by atoms with van der Waals surface area (Å²) in [5.41, 5.74) is 16.9. The largest absolute Gasteiger partial charge is 0.350 e. The van der Waals surface area contributed by atoms with Gasteiger partial charge < -0.3 is 14.8 Å². The minimum Gasteiger partial charge on any atom is -0.350 e. The fourth-order valence-electron chi connectivity index (χ4n) is 11.2. The van der Waals surface area contributed by atoms with Crippen molar-refractivity contribution in [3.63, 3.8) is 0 Å². The maximum Gasteiger partial charge on any atom is 0.184 e. The summed E-state index contributed by atoms with van der Waals surface area (Å²) in [6.07, 6.45) is -0.718. The van der Waals surface area contributed by atoms with E-state index in [1.54, 1.807) is 0 Å². The van der Waals surface area contributed by atoms with Gasteiger partial charge in [-0.2, -0.15) is 0 Å². The number of para-hydroxylation sites is 4. The van der Waals surface area contributed by atoms with Crippen LogP contribution in [0.15, 0.2) is 266 Å². The van der Waals surface area contributed by atoms with Crippen LogP contribution < -0.4 is 15.5 Å². The number of aromatic nitrogens is 1. The number of nitrogens with one attached hydrogen (secondary N) is 2. The first-order valence-electron chi connectivity index (χ1n) is 23.8. The average Bonchev–Trinajstić information content (AvgIpc) is 3.93. The number of aliphatic imine (C=N–C) groups is 1. The second-order valence-electron chi connectivity index (χ2n) is 17.9. The van der Waals surface area contributed by atoms with Gasteiger partial charge in [-0.05, 0) is 98.6 Å². The lowest BCUT2D eigenvalue weighted by atomic mass is 9.67. The summed E-state index contributed by atoms with van der Waals surface area (Å²) in [6, 6.07) is 94.1. The highest BCUT2D eigenvalue weighted by atomic mass is 15.4. The lowest BCUT2D eigenvalue weighted by Gasteiger charge is -2.35. The van der Waals surface area contributed by atoms with Crippen molar-refractivity contribution >= 4 is 44.7 Å². The predicted octanol–water partition coefficient (Wildman–Crippen LogP) is 15.1. The maximum atomic E-state index is 5.71. The fourth-order valence-corrected chi connectivity index (χ4v) is 11.2. The van der Waals surface area contributed by atoms with Crippen LogP contribution in [0.1, 0.15) is 45.8 Å². The summed E-state index contributed by atoms with van der Waals surface area (Å²) in [5, 5.41) is 10.4. The molecule has 1 aliphatic carbocycles. The topological polar surface area (TPSA) is 44.6 Å². The minimum atomic E-state index is -0.532. The Kier molecular flexibility index (Phi) is 9.88. The number of amidine groups is 1. The number of nitrogens with zero attached hydrogens (tertiary/aromatic N) is 3. The van der Waals surface area contributed by atoms with E-state index in [0.29, 0.717) is 0 Å². The second-order valence-corrected chi connectivity index (χ2v) is 17.9. The fraction of sp³-hybridized carbons (Fsp3) is 0.0469. The number of hydrogen-bond acceptors (Lipinski definition) is 4. The van der Waals surface area contributed by atoms with Gasteiger partial charge in [-0.25, -0.2) is 4.99 Å². The Morgan fingerprint density at radius 1 is 0.420 bits per heavy atom. The highest BCUT2D eigenvalue weighted by Gasteiger charge is 2.47. The van der Waals surface area contributed by atoms with E-state index in [2.05, 4.69) is 281 Å². The molecule has 69 heavy (non-hydrogen) atoms. The number of benzene rings is 10. The Labute approximate surface area is 402 Å². The molecule has 0 radical (unpaired) electrons. The van der Waals surface area contributed by atoms with Crippen molar-refractivity contribution in [1.82, 2.24) is 15.2 Å². The summed E-state index contributed by atoms with van der Waals surface area (Å²) >= 11 is 0. The van der Waals surface area contributed by atoms with Crippen molar-refractivity contribution in [1.29, 1.82) is 0 Å². The third-order valence-electron chi connectivity index (χ3n) is 14.2. The molecule has 0 fully saturated rings. The molecule has 0 bridgehead atoms. The standard InChI is InChI=1S/C64H47N5/c1-5-22-47(23-6-1)64(48-24-7-2-8-25-48)56-35-16-13-33-54(56)60-55(34-20-36-57(60)64)62-65-61(66-63(67-62)69-58-37-17-14-31-52(58)53-32-15-18-38-59(53)69)45-41-39-44(40-42-45)46-21-19-30-51(43-46)68(49-26-9-3-10-27-49)50-28-11-4-12-29-50/h1-43,61,63,66H,(H,65,67). The van der Waals surface area contributed by atoms with E-state index in [9.17, 15) is 0 Å². The average molecular weight is 886 g/mol. The first kappa shape index (κ1) is 40.5. The molecular formula is C64H47N5. The molecule has 10 aromatic carbocycles. The van der Waals surface area contributed by atoms with Gasteiger partial charge >= 0.3 is 0 Å². The quantitative estimate of drug-likeness (QED) is 0.152. The first-order chi connectivity index (χ1) is 34.2. The molecule has 2 aliphatic rings. The number of fused-ring (bicyclic) bond motifs is 6. The van der Waals surface area contributed by atoms with Crippen LogP contribution in [-0.2, 0) is 5.41 Å². The van der Waals surface area contributed by atoms with Gasteiger partial charge in [0, 0.05) is 33.4 Å². The molecule has 1 aliphatic heterocycles. The van der Waals surface area contributed by atoms with Crippen LogP contribution in [-0.4, -0.2) is 10.4 Å². The molecule has 5 nitrogen and oxygen atoms in total. The molecular weight excluding hydrogens is 839 g/mol. The molecule has 2 N–H and O–H groups in total. The van der Waals surface area contributed by atoms with Gasteiger partial charge in [0.1, 0.15) is 12.0 Å². The summed E-state index contributed by atoms with van der Waals surface area (Å²) in [6.45, 7) is 0. The van der Waals surface area contributed by atoms with Crippen LogP contribution in [0.4, 0.5) is 17.1 Å². The van der Waals surface area contributed by atoms with E-state index in [1.807, 2.05) is 0 Å². The molecule has 0 saturated carbocycles. The second kappa shape index (κ2) is 16.8. The van der Waals surface area contributed by atoms with Gasteiger partial charge in [-0.3, -0.25) is 5.32 Å². The van der Waals surface area contributed by atoms with Crippen LogP contribution >= 0.6 is 0 Å². The van der Waals surface area contributed by atoms with Gasteiger partial charge in [-0.15, -0.1) is 0 Å². The minimum absolute atomic E-state index is 0.282. The molecule has 0 saturated heterocycles. The molecule has 13 rings (SSSR count). The number of hydrogen-bond donors (Lipinski definition) is 2. The molecule has 2 unspecified atom stereocenters. The van der Waals surface area contributed by atoms with E-state index >= 15 is 0 Å².